The number of carbonyl (C=O) groups excluding carboxylic acids is 1. The van der Waals surface area contributed by atoms with Crippen molar-refractivity contribution in [1.29, 1.82) is 0 Å². The van der Waals surface area contributed by atoms with Gasteiger partial charge < -0.3 is 9.30 Å². The fourth-order valence-corrected chi connectivity index (χ4v) is 1.40. The molecule has 0 aliphatic heterocycles. The second-order valence-corrected chi connectivity index (χ2v) is 3.40. The lowest BCUT2D eigenvalue weighted by molar-refractivity contribution is 0.0493. The van der Waals surface area contributed by atoms with Crippen molar-refractivity contribution in [3.63, 3.8) is 0 Å². The van der Waals surface area contributed by atoms with Crippen LogP contribution < -0.4 is 0 Å². The van der Waals surface area contributed by atoms with Crippen LogP contribution in [0.15, 0.2) is 12.3 Å². The first-order valence-electron chi connectivity index (χ1n) is 4.71. The van der Waals surface area contributed by atoms with Crippen molar-refractivity contribution in [2.75, 3.05) is 6.61 Å². The zero-order valence-electron chi connectivity index (χ0n) is 8.42. The van der Waals surface area contributed by atoms with Crippen LogP contribution in [0.2, 0.25) is 5.02 Å². The number of aromatic nitrogens is 1. The van der Waals surface area contributed by atoms with Crippen LogP contribution in [-0.2, 0) is 11.3 Å². The van der Waals surface area contributed by atoms with E-state index < -0.39 is 0 Å². The van der Waals surface area contributed by atoms with Crippen LogP contribution in [0, 0.1) is 0 Å². The zero-order valence-corrected chi connectivity index (χ0v) is 9.17. The highest BCUT2D eigenvalue weighted by atomic mass is 35.5. The van der Waals surface area contributed by atoms with Gasteiger partial charge in [-0.1, -0.05) is 18.5 Å². The van der Waals surface area contributed by atoms with Gasteiger partial charge in [-0.05, 0) is 19.4 Å². The smallest absolute Gasteiger partial charge is 0.354 e. The molecular formula is C10H14ClNO2. The third-order valence-electron chi connectivity index (χ3n) is 1.85. The molecule has 1 aromatic rings. The zero-order chi connectivity index (χ0) is 10.6. The number of esters is 1. The highest BCUT2D eigenvalue weighted by Gasteiger charge is 2.12. The number of carbonyl (C=O) groups is 1. The predicted molar refractivity (Wildman–Crippen MR) is 55.7 cm³/mol. The van der Waals surface area contributed by atoms with Gasteiger partial charge in [0.2, 0.25) is 0 Å². The molecule has 14 heavy (non-hydrogen) atoms. The second-order valence-electron chi connectivity index (χ2n) is 2.97. The lowest BCUT2D eigenvalue weighted by Crippen LogP contribution is -2.11. The average molecular weight is 216 g/mol. The molecule has 1 rings (SSSR count). The molecule has 0 aromatic carbocycles. The fraction of sp³-hybridized carbons (Fsp3) is 0.500. The number of halogens is 1. The molecule has 0 amide bonds. The van der Waals surface area contributed by atoms with E-state index in [1.165, 1.54) is 0 Å². The lowest BCUT2D eigenvalue weighted by atomic mass is 10.4. The first-order valence-corrected chi connectivity index (χ1v) is 5.09. The normalized spacial score (nSPS) is 10.2. The van der Waals surface area contributed by atoms with Gasteiger partial charge in [0.25, 0.3) is 0 Å². The molecule has 0 saturated carbocycles. The molecule has 0 bridgehead atoms. The van der Waals surface area contributed by atoms with E-state index in [0.29, 0.717) is 23.9 Å². The number of hydrogen-bond acceptors (Lipinski definition) is 2. The van der Waals surface area contributed by atoms with Gasteiger partial charge in [0.05, 0.1) is 11.6 Å². The third kappa shape index (κ3) is 2.51. The van der Waals surface area contributed by atoms with Gasteiger partial charge in [0.1, 0.15) is 5.69 Å². The van der Waals surface area contributed by atoms with Gasteiger partial charge in [-0.15, -0.1) is 0 Å². The molecule has 0 N–H and O–H groups in total. The molecule has 0 saturated heterocycles. The first kappa shape index (κ1) is 11.1. The largest absolute Gasteiger partial charge is 0.461 e. The molecule has 0 aliphatic carbocycles. The summed E-state index contributed by atoms with van der Waals surface area (Å²) in [7, 11) is 0. The van der Waals surface area contributed by atoms with Crippen LogP contribution >= 0.6 is 11.6 Å². The summed E-state index contributed by atoms with van der Waals surface area (Å²) in [5.74, 6) is -0.305. The molecule has 0 aliphatic rings. The molecule has 0 spiro atoms. The van der Waals surface area contributed by atoms with Crippen molar-refractivity contribution in [2.45, 2.75) is 26.8 Å². The molecule has 78 valence electrons. The maximum Gasteiger partial charge on any atom is 0.354 e. The van der Waals surface area contributed by atoms with Gasteiger partial charge in [-0.3, -0.25) is 0 Å². The molecule has 0 atom stereocenters. The summed E-state index contributed by atoms with van der Waals surface area (Å²) in [5.41, 5.74) is 0.519. The molecule has 3 nitrogen and oxygen atoms in total. The standard InChI is InChI=1S/C10H14ClNO2/c1-3-5-14-10(13)9-6-8(11)7-12(9)4-2/h6-7H,3-5H2,1-2H3. The van der Waals surface area contributed by atoms with E-state index in [-0.39, 0.29) is 5.97 Å². The second kappa shape index (κ2) is 5.05. The molecular weight excluding hydrogens is 202 g/mol. The minimum absolute atomic E-state index is 0.305. The van der Waals surface area contributed by atoms with Crippen LogP contribution in [0.1, 0.15) is 30.8 Å². The predicted octanol–water partition coefficient (Wildman–Crippen LogP) is 2.73. The highest BCUT2D eigenvalue weighted by molar-refractivity contribution is 6.30. The molecule has 0 radical (unpaired) electrons. The number of hydrogen-bond donors (Lipinski definition) is 0. The summed E-state index contributed by atoms with van der Waals surface area (Å²) in [4.78, 5) is 11.5. The van der Waals surface area contributed by atoms with E-state index in [4.69, 9.17) is 16.3 Å². The lowest BCUT2D eigenvalue weighted by Gasteiger charge is -2.05. The summed E-state index contributed by atoms with van der Waals surface area (Å²) in [6.45, 7) is 5.07. The Hall–Kier alpha value is -0.960. The van der Waals surface area contributed by atoms with Gasteiger partial charge in [0, 0.05) is 12.7 Å². The summed E-state index contributed by atoms with van der Waals surface area (Å²) in [6.07, 6.45) is 2.55. The quantitative estimate of drug-likeness (QED) is 0.724. The van der Waals surface area contributed by atoms with E-state index >= 15 is 0 Å². The average Bonchev–Trinajstić information content (AvgIpc) is 2.56. The Morgan fingerprint density at radius 1 is 1.57 bits per heavy atom. The van der Waals surface area contributed by atoms with Crippen LogP contribution in [0.4, 0.5) is 0 Å². The van der Waals surface area contributed by atoms with E-state index in [9.17, 15) is 4.79 Å². The Balaban J connectivity index is 2.77. The Kier molecular flexibility index (Phi) is 4.01. The maximum atomic E-state index is 11.5. The number of aryl methyl sites for hydroxylation is 1. The van der Waals surface area contributed by atoms with Crippen LogP contribution in [0.5, 0.6) is 0 Å². The van der Waals surface area contributed by atoms with Crippen molar-refractivity contribution >= 4 is 17.6 Å². The Bertz CT molecular complexity index is 320. The first-order chi connectivity index (χ1) is 6.69. The highest BCUT2D eigenvalue weighted by Crippen LogP contribution is 2.15. The van der Waals surface area contributed by atoms with Crippen LogP contribution in [-0.4, -0.2) is 17.1 Å². The monoisotopic (exact) mass is 215 g/mol. The summed E-state index contributed by atoms with van der Waals surface area (Å²) >= 11 is 5.79. The summed E-state index contributed by atoms with van der Waals surface area (Å²) < 4.78 is 6.79. The molecule has 4 heteroatoms. The minimum Gasteiger partial charge on any atom is -0.461 e. The Labute approximate surface area is 88.6 Å². The SMILES string of the molecule is CCCOC(=O)c1cc(Cl)cn1CC. The van der Waals surface area contributed by atoms with Crippen LogP contribution in [0.3, 0.4) is 0 Å². The Morgan fingerprint density at radius 2 is 2.29 bits per heavy atom. The fourth-order valence-electron chi connectivity index (χ4n) is 1.18. The van der Waals surface area contributed by atoms with Gasteiger partial charge in [-0.25, -0.2) is 4.79 Å². The molecule has 0 fully saturated rings. The van der Waals surface area contributed by atoms with E-state index in [2.05, 4.69) is 0 Å². The third-order valence-corrected chi connectivity index (χ3v) is 2.06. The molecule has 0 unspecified atom stereocenters. The minimum atomic E-state index is -0.305. The van der Waals surface area contributed by atoms with Gasteiger partial charge >= 0.3 is 5.97 Å². The Morgan fingerprint density at radius 3 is 2.86 bits per heavy atom. The van der Waals surface area contributed by atoms with E-state index in [1.54, 1.807) is 16.8 Å². The number of ether oxygens (including phenoxy) is 1. The summed E-state index contributed by atoms with van der Waals surface area (Å²) in [5, 5.41) is 0.565. The van der Waals surface area contributed by atoms with Crippen molar-refractivity contribution in [3.8, 4) is 0 Å². The number of nitrogens with zero attached hydrogens (tertiary/aromatic N) is 1. The van der Waals surface area contributed by atoms with Gasteiger partial charge in [0.15, 0.2) is 0 Å². The molecule has 1 aromatic heterocycles. The van der Waals surface area contributed by atoms with E-state index in [0.717, 1.165) is 6.42 Å². The maximum absolute atomic E-state index is 11.5. The van der Waals surface area contributed by atoms with E-state index in [1.807, 2.05) is 13.8 Å². The van der Waals surface area contributed by atoms with Gasteiger partial charge in [-0.2, -0.15) is 0 Å². The van der Waals surface area contributed by atoms with Crippen LogP contribution in [0.25, 0.3) is 0 Å². The van der Waals surface area contributed by atoms with Crippen molar-refractivity contribution in [3.05, 3.63) is 23.0 Å². The summed E-state index contributed by atoms with van der Waals surface area (Å²) in [6, 6.07) is 1.63. The van der Waals surface area contributed by atoms with Crippen molar-refractivity contribution in [2.24, 2.45) is 0 Å². The molecule has 1 heterocycles. The number of rotatable bonds is 4. The van der Waals surface area contributed by atoms with Crippen molar-refractivity contribution in [1.82, 2.24) is 4.57 Å². The van der Waals surface area contributed by atoms with Crippen molar-refractivity contribution < 1.29 is 9.53 Å². The topological polar surface area (TPSA) is 31.2 Å².